The summed E-state index contributed by atoms with van der Waals surface area (Å²) in [6.45, 7) is 3.84. The molecule has 0 spiro atoms. The Kier molecular flexibility index (Phi) is 3.76. The SMILES string of the molecule is CC(C)(CC(=O)O)Cc1nnc(CC2CC3CCC2C3)o1. The van der Waals surface area contributed by atoms with E-state index in [2.05, 4.69) is 10.2 Å². The summed E-state index contributed by atoms with van der Waals surface area (Å²) < 4.78 is 5.76. The molecule has 1 N–H and O–H groups in total. The van der Waals surface area contributed by atoms with Crippen LogP contribution in [0.5, 0.6) is 0 Å². The van der Waals surface area contributed by atoms with Crippen molar-refractivity contribution in [3.05, 3.63) is 11.8 Å². The zero-order valence-corrected chi connectivity index (χ0v) is 12.8. The maximum atomic E-state index is 10.8. The fourth-order valence-corrected chi connectivity index (χ4v) is 4.17. The van der Waals surface area contributed by atoms with Crippen LogP contribution in [-0.4, -0.2) is 21.3 Å². The minimum atomic E-state index is -0.790. The lowest BCUT2D eigenvalue weighted by molar-refractivity contribution is -0.139. The van der Waals surface area contributed by atoms with E-state index in [4.69, 9.17) is 9.52 Å². The molecule has 116 valence electrons. The largest absolute Gasteiger partial charge is 0.481 e. The van der Waals surface area contributed by atoms with Crippen molar-refractivity contribution < 1.29 is 14.3 Å². The molecule has 1 heterocycles. The maximum Gasteiger partial charge on any atom is 0.303 e. The molecule has 2 saturated carbocycles. The lowest BCUT2D eigenvalue weighted by Crippen LogP contribution is -2.19. The number of carboxylic acids is 1. The summed E-state index contributed by atoms with van der Waals surface area (Å²) >= 11 is 0. The van der Waals surface area contributed by atoms with Crippen LogP contribution < -0.4 is 0 Å². The number of aromatic nitrogens is 2. The molecule has 2 bridgehead atoms. The number of nitrogens with zero attached hydrogens (tertiary/aromatic N) is 2. The summed E-state index contributed by atoms with van der Waals surface area (Å²) in [6, 6.07) is 0. The highest BCUT2D eigenvalue weighted by molar-refractivity contribution is 5.67. The standard InChI is InChI=1S/C16H24N2O3/c1-16(2,9-15(19)20)8-14-18-17-13(21-14)7-12-6-10-3-4-11(12)5-10/h10-12H,3-9H2,1-2H3,(H,19,20). The Labute approximate surface area is 125 Å². The molecule has 0 radical (unpaired) electrons. The van der Waals surface area contributed by atoms with Gasteiger partial charge in [-0.2, -0.15) is 0 Å². The number of fused-ring (bicyclic) bond motifs is 2. The van der Waals surface area contributed by atoms with Gasteiger partial charge in [-0.05, 0) is 42.4 Å². The van der Waals surface area contributed by atoms with Crippen LogP contribution in [0, 0.1) is 23.2 Å². The van der Waals surface area contributed by atoms with Crippen LogP contribution in [0.4, 0.5) is 0 Å². The summed E-state index contributed by atoms with van der Waals surface area (Å²) in [6.07, 6.45) is 6.99. The van der Waals surface area contributed by atoms with Crippen molar-refractivity contribution in [2.75, 3.05) is 0 Å². The van der Waals surface area contributed by atoms with E-state index < -0.39 is 5.97 Å². The van der Waals surface area contributed by atoms with Gasteiger partial charge in [0.15, 0.2) is 0 Å². The van der Waals surface area contributed by atoms with Gasteiger partial charge in [0.25, 0.3) is 0 Å². The molecular formula is C16H24N2O3. The molecule has 2 fully saturated rings. The van der Waals surface area contributed by atoms with Crippen LogP contribution >= 0.6 is 0 Å². The van der Waals surface area contributed by atoms with Crippen LogP contribution in [-0.2, 0) is 17.6 Å². The first-order valence-electron chi connectivity index (χ1n) is 7.94. The fourth-order valence-electron chi connectivity index (χ4n) is 4.17. The normalized spacial score (nSPS) is 28.2. The van der Waals surface area contributed by atoms with E-state index >= 15 is 0 Å². The van der Waals surface area contributed by atoms with E-state index in [-0.39, 0.29) is 11.8 Å². The first-order chi connectivity index (χ1) is 9.91. The third-order valence-electron chi connectivity index (χ3n) is 5.09. The Bertz CT molecular complexity index is 523. The van der Waals surface area contributed by atoms with Crippen LogP contribution in [0.15, 0.2) is 4.42 Å². The minimum Gasteiger partial charge on any atom is -0.481 e. The quantitative estimate of drug-likeness (QED) is 0.872. The molecule has 5 nitrogen and oxygen atoms in total. The van der Waals surface area contributed by atoms with Crippen molar-refractivity contribution >= 4 is 5.97 Å². The predicted octanol–water partition coefficient (Wildman–Crippen LogP) is 3.09. The summed E-state index contributed by atoms with van der Waals surface area (Å²) in [5.41, 5.74) is -0.359. The highest BCUT2D eigenvalue weighted by Gasteiger charge is 2.40. The van der Waals surface area contributed by atoms with Gasteiger partial charge in [-0.1, -0.05) is 20.3 Å². The van der Waals surface area contributed by atoms with E-state index in [1.807, 2.05) is 13.8 Å². The van der Waals surface area contributed by atoms with Crippen molar-refractivity contribution in [1.29, 1.82) is 0 Å². The molecule has 0 aromatic carbocycles. The van der Waals surface area contributed by atoms with Crippen LogP contribution in [0.3, 0.4) is 0 Å². The van der Waals surface area contributed by atoms with E-state index in [0.29, 0.717) is 18.2 Å². The third kappa shape index (κ3) is 3.44. The Balaban J connectivity index is 1.57. The highest BCUT2D eigenvalue weighted by Crippen LogP contribution is 2.49. The summed E-state index contributed by atoms with van der Waals surface area (Å²) in [5, 5.41) is 17.2. The smallest absolute Gasteiger partial charge is 0.303 e. The van der Waals surface area contributed by atoms with Crippen molar-refractivity contribution in [1.82, 2.24) is 10.2 Å². The molecule has 21 heavy (non-hydrogen) atoms. The number of rotatable bonds is 6. The fraction of sp³-hybridized carbons (Fsp3) is 0.812. The van der Waals surface area contributed by atoms with Crippen molar-refractivity contribution in [3.8, 4) is 0 Å². The van der Waals surface area contributed by atoms with Gasteiger partial charge >= 0.3 is 5.97 Å². The van der Waals surface area contributed by atoms with Crippen LogP contribution in [0.1, 0.15) is 57.7 Å². The molecule has 0 amide bonds. The topological polar surface area (TPSA) is 76.2 Å². The summed E-state index contributed by atoms with van der Waals surface area (Å²) in [5.74, 6) is 3.00. The molecule has 3 unspecified atom stereocenters. The molecule has 2 aliphatic rings. The summed E-state index contributed by atoms with van der Waals surface area (Å²) in [4.78, 5) is 10.8. The Hall–Kier alpha value is -1.39. The number of carbonyl (C=O) groups is 1. The van der Waals surface area contributed by atoms with Crippen LogP contribution in [0.25, 0.3) is 0 Å². The first kappa shape index (κ1) is 14.5. The molecular weight excluding hydrogens is 268 g/mol. The maximum absolute atomic E-state index is 10.8. The lowest BCUT2D eigenvalue weighted by atomic mass is 9.86. The van der Waals surface area contributed by atoms with Gasteiger partial charge in [-0.3, -0.25) is 4.79 Å². The number of aliphatic carboxylic acids is 1. The zero-order valence-electron chi connectivity index (χ0n) is 12.8. The van der Waals surface area contributed by atoms with Gasteiger partial charge in [0.05, 0.1) is 6.42 Å². The van der Waals surface area contributed by atoms with Gasteiger partial charge in [0.1, 0.15) is 0 Å². The third-order valence-corrected chi connectivity index (χ3v) is 5.09. The number of carboxylic acid groups (broad SMARTS) is 1. The molecule has 3 rings (SSSR count). The van der Waals surface area contributed by atoms with Gasteiger partial charge in [0.2, 0.25) is 11.8 Å². The molecule has 1 aromatic heterocycles. The van der Waals surface area contributed by atoms with E-state index in [1.54, 1.807) is 0 Å². The molecule has 0 saturated heterocycles. The van der Waals surface area contributed by atoms with Crippen LogP contribution in [0.2, 0.25) is 0 Å². The van der Waals surface area contributed by atoms with E-state index in [1.165, 1.54) is 25.7 Å². The predicted molar refractivity (Wildman–Crippen MR) is 76.7 cm³/mol. The monoisotopic (exact) mass is 292 g/mol. The van der Waals surface area contributed by atoms with Gasteiger partial charge < -0.3 is 9.52 Å². The first-order valence-corrected chi connectivity index (χ1v) is 7.94. The molecule has 0 aliphatic heterocycles. The second-order valence-electron chi connectivity index (χ2n) is 7.64. The zero-order chi connectivity index (χ0) is 15.0. The van der Waals surface area contributed by atoms with E-state index in [0.717, 1.165) is 24.1 Å². The van der Waals surface area contributed by atoms with Gasteiger partial charge in [-0.25, -0.2) is 0 Å². The average Bonchev–Trinajstić information content (AvgIpc) is 3.03. The molecule has 1 aromatic rings. The summed E-state index contributed by atoms with van der Waals surface area (Å²) in [7, 11) is 0. The van der Waals surface area contributed by atoms with Crippen molar-refractivity contribution in [3.63, 3.8) is 0 Å². The van der Waals surface area contributed by atoms with Gasteiger partial charge in [0, 0.05) is 12.8 Å². The minimum absolute atomic E-state index is 0.108. The van der Waals surface area contributed by atoms with Crippen molar-refractivity contribution in [2.45, 2.75) is 58.8 Å². The second kappa shape index (κ2) is 5.43. The molecule has 5 heteroatoms. The molecule has 3 atom stereocenters. The second-order valence-corrected chi connectivity index (χ2v) is 7.64. The van der Waals surface area contributed by atoms with Crippen molar-refractivity contribution in [2.24, 2.45) is 23.2 Å². The average molecular weight is 292 g/mol. The highest BCUT2D eigenvalue weighted by atomic mass is 16.4. The van der Waals surface area contributed by atoms with Gasteiger partial charge in [-0.15, -0.1) is 10.2 Å². The number of hydrogen-bond acceptors (Lipinski definition) is 4. The Morgan fingerprint density at radius 3 is 2.67 bits per heavy atom. The lowest BCUT2D eigenvalue weighted by Gasteiger charge is -2.20. The molecule has 2 aliphatic carbocycles. The Morgan fingerprint density at radius 2 is 2.05 bits per heavy atom. The number of hydrogen-bond donors (Lipinski definition) is 1. The van der Waals surface area contributed by atoms with E-state index in [9.17, 15) is 4.79 Å². The Morgan fingerprint density at radius 1 is 1.29 bits per heavy atom.